The summed E-state index contributed by atoms with van der Waals surface area (Å²) in [5.74, 6) is -0.0272. The molecule has 4 nitrogen and oxygen atoms in total. The smallest absolute Gasteiger partial charge is 0.167 e. The average molecular weight is 240 g/mol. The Morgan fingerprint density at radius 3 is 3.08 bits per heavy atom. The highest BCUT2D eigenvalue weighted by molar-refractivity contribution is 9.10. The van der Waals surface area contributed by atoms with E-state index >= 15 is 0 Å². The van der Waals surface area contributed by atoms with Crippen molar-refractivity contribution < 1.29 is 4.79 Å². The highest BCUT2D eigenvalue weighted by atomic mass is 79.9. The van der Waals surface area contributed by atoms with Crippen molar-refractivity contribution in [3.63, 3.8) is 0 Å². The summed E-state index contributed by atoms with van der Waals surface area (Å²) in [6.07, 6.45) is 3.16. The Balaban J connectivity index is 2.83. The van der Waals surface area contributed by atoms with Gasteiger partial charge in [-0.1, -0.05) is 0 Å². The maximum Gasteiger partial charge on any atom is 0.167 e. The first kappa shape index (κ1) is 8.37. The maximum absolute atomic E-state index is 11.1. The Morgan fingerprint density at radius 1 is 1.62 bits per heavy atom. The van der Waals surface area contributed by atoms with Crippen LogP contribution in [0.15, 0.2) is 23.1 Å². The number of carbonyl (C=O) groups is 1. The van der Waals surface area contributed by atoms with E-state index in [2.05, 4.69) is 26.0 Å². The molecule has 0 fully saturated rings. The van der Waals surface area contributed by atoms with Crippen molar-refractivity contribution in [3.05, 3.63) is 28.6 Å². The summed E-state index contributed by atoms with van der Waals surface area (Å²) in [5, 5.41) is 4.03. The summed E-state index contributed by atoms with van der Waals surface area (Å²) in [5.41, 5.74) is 1.13. The third-order valence-corrected chi connectivity index (χ3v) is 2.33. The molecule has 0 aromatic carbocycles. The predicted octanol–water partition coefficient (Wildman–Crippen LogP) is 1.69. The Kier molecular flexibility index (Phi) is 1.88. The molecule has 2 heterocycles. The van der Waals surface area contributed by atoms with Gasteiger partial charge in [0, 0.05) is 6.20 Å². The van der Waals surface area contributed by atoms with E-state index in [1.807, 2.05) is 0 Å². The predicted molar refractivity (Wildman–Crippen MR) is 50.7 cm³/mol. The van der Waals surface area contributed by atoms with Crippen LogP contribution >= 0.6 is 15.9 Å². The van der Waals surface area contributed by atoms with Gasteiger partial charge in [0.25, 0.3) is 0 Å². The first-order valence-electron chi connectivity index (χ1n) is 3.69. The van der Waals surface area contributed by atoms with Crippen LogP contribution in [0, 0.1) is 0 Å². The molecule has 0 saturated heterocycles. The fourth-order valence-corrected chi connectivity index (χ4v) is 1.49. The Hall–Kier alpha value is -1.23. The number of ketones is 1. The van der Waals surface area contributed by atoms with Crippen LogP contribution in [0.25, 0.3) is 5.65 Å². The molecule has 0 N–H and O–H groups in total. The Morgan fingerprint density at radius 2 is 2.38 bits per heavy atom. The number of fused-ring (bicyclic) bond motifs is 1. The van der Waals surface area contributed by atoms with E-state index in [9.17, 15) is 4.79 Å². The van der Waals surface area contributed by atoms with E-state index in [-0.39, 0.29) is 5.78 Å². The molecule has 2 aromatic rings. The largest absolute Gasteiger partial charge is 0.294 e. The van der Waals surface area contributed by atoms with Crippen LogP contribution in [0.2, 0.25) is 0 Å². The molecule has 0 radical (unpaired) electrons. The second-order valence-electron chi connectivity index (χ2n) is 2.62. The quantitative estimate of drug-likeness (QED) is 0.563. The molecule has 0 saturated carbocycles. The molecule has 66 valence electrons. The van der Waals surface area contributed by atoms with Gasteiger partial charge < -0.3 is 0 Å². The van der Waals surface area contributed by atoms with Crippen molar-refractivity contribution in [2.75, 3.05) is 0 Å². The highest BCUT2D eigenvalue weighted by Gasteiger charge is 2.10. The summed E-state index contributed by atoms with van der Waals surface area (Å²) in [6.45, 7) is 1.50. The molecule has 0 amide bonds. The zero-order chi connectivity index (χ0) is 9.42. The van der Waals surface area contributed by atoms with Gasteiger partial charge in [0.2, 0.25) is 0 Å². The van der Waals surface area contributed by atoms with E-state index in [4.69, 9.17) is 0 Å². The topological polar surface area (TPSA) is 47.3 Å². The minimum Gasteiger partial charge on any atom is -0.294 e. The lowest BCUT2D eigenvalue weighted by Crippen LogP contribution is -1.95. The monoisotopic (exact) mass is 239 g/mol. The Labute approximate surface area is 82.7 Å². The fourth-order valence-electron chi connectivity index (χ4n) is 1.11. The summed E-state index contributed by atoms with van der Waals surface area (Å²) >= 11 is 3.31. The maximum atomic E-state index is 11.1. The lowest BCUT2D eigenvalue weighted by Gasteiger charge is -1.95. The van der Waals surface area contributed by atoms with Crippen molar-refractivity contribution in [2.24, 2.45) is 0 Å². The van der Waals surface area contributed by atoms with E-state index in [0.29, 0.717) is 11.2 Å². The van der Waals surface area contributed by atoms with E-state index in [1.54, 1.807) is 16.8 Å². The number of carbonyl (C=O) groups excluding carboxylic acids is 1. The number of hydrogen-bond donors (Lipinski definition) is 0. The van der Waals surface area contributed by atoms with Gasteiger partial charge in [0.15, 0.2) is 11.4 Å². The number of halogens is 1. The summed E-state index contributed by atoms with van der Waals surface area (Å²) in [6, 6.07) is 1.77. The van der Waals surface area contributed by atoms with Crippen LogP contribution in [0.3, 0.4) is 0 Å². The molecule has 0 aliphatic heterocycles. The summed E-state index contributed by atoms with van der Waals surface area (Å²) < 4.78 is 2.36. The van der Waals surface area contributed by atoms with E-state index in [0.717, 1.165) is 4.60 Å². The average Bonchev–Trinajstić information content (AvgIpc) is 2.48. The third kappa shape index (κ3) is 1.25. The number of nitrogens with zero attached hydrogens (tertiary/aromatic N) is 3. The van der Waals surface area contributed by atoms with Crippen LogP contribution in [0.5, 0.6) is 0 Å². The molecule has 2 aromatic heterocycles. The zero-order valence-corrected chi connectivity index (χ0v) is 8.45. The minimum atomic E-state index is -0.0272. The molecule has 2 rings (SSSR count). The number of rotatable bonds is 1. The third-order valence-electron chi connectivity index (χ3n) is 1.73. The second kappa shape index (κ2) is 2.92. The first-order chi connectivity index (χ1) is 6.20. The fraction of sp³-hybridized carbons (Fsp3) is 0.125. The zero-order valence-electron chi connectivity index (χ0n) is 6.86. The Bertz CT molecular complexity index is 477. The van der Waals surface area contributed by atoms with Gasteiger partial charge in [-0.15, -0.1) is 0 Å². The second-order valence-corrected chi connectivity index (χ2v) is 3.43. The molecular weight excluding hydrogens is 234 g/mol. The van der Waals surface area contributed by atoms with Crippen molar-refractivity contribution in [1.29, 1.82) is 0 Å². The van der Waals surface area contributed by atoms with Crippen LogP contribution in [-0.2, 0) is 0 Å². The number of hydrogen-bond acceptors (Lipinski definition) is 3. The first-order valence-corrected chi connectivity index (χ1v) is 4.48. The van der Waals surface area contributed by atoms with Gasteiger partial charge in [0.05, 0.1) is 11.8 Å². The molecular formula is C8H6BrN3O. The molecule has 0 aliphatic carbocycles. The van der Waals surface area contributed by atoms with Crippen molar-refractivity contribution in [1.82, 2.24) is 14.6 Å². The molecule has 0 spiro atoms. The van der Waals surface area contributed by atoms with Gasteiger partial charge in [-0.2, -0.15) is 5.10 Å². The molecule has 0 atom stereocenters. The van der Waals surface area contributed by atoms with E-state index < -0.39 is 0 Å². The minimum absolute atomic E-state index is 0.0272. The molecule has 5 heteroatoms. The summed E-state index contributed by atoms with van der Waals surface area (Å²) in [4.78, 5) is 15.2. The van der Waals surface area contributed by atoms with Gasteiger partial charge in [-0.3, -0.25) is 4.79 Å². The molecule has 0 unspecified atom stereocenters. The lowest BCUT2D eigenvalue weighted by atomic mass is 10.2. The lowest BCUT2D eigenvalue weighted by molar-refractivity contribution is 0.101. The van der Waals surface area contributed by atoms with Crippen molar-refractivity contribution >= 4 is 27.4 Å². The standard InChI is InChI=1S/C8H6BrN3O/c1-5(13)6-4-11-12-7(9)2-3-10-8(6)12/h2-4H,1H3. The number of Topliss-reactive ketones (excluding diaryl/α,β-unsaturated/α-hetero) is 1. The van der Waals surface area contributed by atoms with Crippen LogP contribution in [0.1, 0.15) is 17.3 Å². The van der Waals surface area contributed by atoms with Gasteiger partial charge in [0.1, 0.15) is 4.60 Å². The van der Waals surface area contributed by atoms with Crippen molar-refractivity contribution in [2.45, 2.75) is 6.92 Å². The van der Waals surface area contributed by atoms with Crippen molar-refractivity contribution in [3.8, 4) is 0 Å². The molecule has 0 bridgehead atoms. The highest BCUT2D eigenvalue weighted by Crippen LogP contribution is 2.14. The van der Waals surface area contributed by atoms with Gasteiger partial charge in [-0.05, 0) is 28.9 Å². The van der Waals surface area contributed by atoms with Gasteiger partial charge >= 0.3 is 0 Å². The van der Waals surface area contributed by atoms with Crippen LogP contribution in [-0.4, -0.2) is 20.4 Å². The van der Waals surface area contributed by atoms with Crippen LogP contribution < -0.4 is 0 Å². The van der Waals surface area contributed by atoms with Gasteiger partial charge in [-0.25, -0.2) is 9.50 Å². The van der Waals surface area contributed by atoms with Crippen LogP contribution in [0.4, 0.5) is 0 Å². The van der Waals surface area contributed by atoms with E-state index in [1.165, 1.54) is 13.1 Å². The SMILES string of the molecule is CC(=O)c1cnn2c(Br)ccnc12. The molecule has 13 heavy (non-hydrogen) atoms. The molecule has 0 aliphatic rings. The normalized spacial score (nSPS) is 10.6. The number of aromatic nitrogens is 3. The summed E-state index contributed by atoms with van der Waals surface area (Å²) in [7, 11) is 0.